The zero-order valence-electron chi connectivity index (χ0n) is 13.5. The van der Waals surface area contributed by atoms with Gasteiger partial charge in [0.25, 0.3) is 5.91 Å². The molecule has 0 unspecified atom stereocenters. The van der Waals surface area contributed by atoms with E-state index in [0.29, 0.717) is 12.2 Å². The molecule has 0 saturated carbocycles. The SMILES string of the molecule is Cc1cccc(C(=O)NN(Cc2ccccc2)c2ccccc2)n1. The largest absolute Gasteiger partial charge is 0.288 e. The summed E-state index contributed by atoms with van der Waals surface area (Å²) in [6.45, 7) is 2.44. The topological polar surface area (TPSA) is 45.2 Å². The van der Waals surface area contributed by atoms with Gasteiger partial charge in [-0.15, -0.1) is 0 Å². The number of para-hydroxylation sites is 1. The molecule has 0 radical (unpaired) electrons. The predicted molar refractivity (Wildman–Crippen MR) is 95.5 cm³/mol. The van der Waals surface area contributed by atoms with Crippen LogP contribution in [0.1, 0.15) is 21.7 Å². The molecule has 0 atom stereocenters. The molecule has 0 fully saturated rings. The van der Waals surface area contributed by atoms with Crippen molar-refractivity contribution in [1.29, 1.82) is 0 Å². The van der Waals surface area contributed by atoms with Crippen LogP contribution >= 0.6 is 0 Å². The van der Waals surface area contributed by atoms with E-state index in [-0.39, 0.29) is 5.91 Å². The van der Waals surface area contributed by atoms with E-state index in [1.54, 1.807) is 6.07 Å². The molecule has 24 heavy (non-hydrogen) atoms. The van der Waals surface area contributed by atoms with Gasteiger partial charge < -0.3 is 0 Å². The Labute approximate surface area is 141 Å². The molecule has 3 rings (SSSR count). The summed E-state index contributed by atoms with van der Waals surface area (Å²) in [6, 6.07) is 25.2. The monoisotopic (exact) mass is 317 g/mol. The number of aromatic nitrogens is 1. The van der Waals surface area contributed by atoms with Crippen molar-refractivity contribution >= 4 is 11.6 Å². The number of carbonyl (C=O) groups excluding carboxylic acids is 1. The van der Waals surface area contributed by atoms with E-state index < -0.39 is 0 Å². The summed E-state index contributed by atoms with van der Waals surface area (Å²) < 4.78 is 0. The Morgan fingerprint density at radius 1 is 0.917 bits per heavy atom. The predicted octanol–water partition coefficient (Wildman–Crippen LogP) is 3.74. The number of hydrazine groups is 1. The molecule has 0 aliphatic heterocycles. The molecular formula is C20H19N3O. The highest BCUT2D eigenvalue weighted by molar-refractivity contribution is 5.93. The van der Waals surface area contributed by atoms with Crippen LogP contribution in [0.3, 0.4) is 0 Å². The Morgan fingerprint density at radius 3 is 2.25 bits per heavy atom. The van der Waals surface area contributed by atoms with Gasteiger partial charge in [0.15, 0.2) is 0 Å². The zero-order chi connectivity index (χ0) is 16.8. The molecule has 2 aromatic carbocycles. The first-order valence-corrected chi connectivity index (χ1v) is 7.83. The Bertz CT molecular complexity index is 803. The number of hydrogen-bond acceptors (Lipinski definition) is 3. The maximum absolute atomic E-state index is 12.6. The quantitative estimate of drug-likeness (QED) is 0.729. The van der Waals surface area contributed by atoms with Crippen LogP contribution in [-0.2, 0) is 6.54 Å². The number of amides is 1. The average molecular weight is 317 g/mol. The van der Waals surface area contributed by atoms with Crippen LogP contribution in [0, 0.1) is 6.92 Å². The van der Waals surface area contributed by atoms with Crippen LogP contribution in [0.15, 0.2) is 78.9 Å². The van der Waals surface area contributed by atoms with Crippen molar-refractivity contribution in [3.8, 4) is 0 Å². The highest BCUT2D eigenvalue weighted by atomic mass is 16.2. The summed E-state index contributed by atoms with van der Waals surface area (Å²) >= 11 is 0. The fourth-order valence-electron chi connectivity index (χ4n) is 2.42. The molecule has 4 heteroatoms. The van der Waals surface area contributed by atoms with E-state index in [9.17, 15) is 4.79 Å². The molecule has 0 bridgehead atoms. The van der Waals surface area contributed by atoms with Gasteiger partial charge in [0.1, 0.15) is 5.69 Å². The van der Waals surface area contributed by atoms with Gasteiger partial charge in [0, 0.05) is 5.69 Å². The van der Waals surface area contributed by atoms with Crippen molar-refractivity contribution in [3.63, 3.8) is 0 Å². The van der Waals surface area contributed by atoms with E-state index in [0.717, 1.165) is 16.9 Å². The number of aryl methyl sites for hydroxylation is 1. The standard InChI is InChI=1S/C20H19N3O/c1-16-9-8-14-19(21-16)20(24)22-23(18-12-6-3-7-13-18)15-17-10-4-2-5-11-17/h2-14H,15H2,1H3,(H,22,24). The molecule has 1 heterocycles. The van der Waals surface area contributed by atoms with Crippen LogP contribution in [0.5, 0.6) is 0 Å². The summed E-state index contributed by atoms with van der Waals surface area (Å²) in [5.74, 6) is -0.224. The van der Waals surface area contributed by atoms with Crippen LogP contribution in [0.25, 0.3) is 0 Å². The first kappa shape index (κ1) is 15.7. The zero-order valence-corrected chi connectivity index (χ0v) is 13.5. The summed E-state index contributed by atoms with van der Waals surface area (Å²) in [5, 5.41) is 1.84. The van der Waals surface area contributed by atoms with Crippen molar-refractivity contribution in [2.75, 3.05) is 5.01 Å². The number of anilines is 1. The van der Waals surface area contributed by atoms with E-state index >= 15 is 0 Å². The number of benzene rings is 2. The van der Waals surface area contributed by atoms with Gasteiger partial charge in [0.2, 0.25) is 0 Å². The van der Waals surface area contributed by atoms with Crippen LogP contribution in [-0.4, -0.2) is 10.9 Å². The van der Waals surface area contributed by atoms with E-state index in [4.69, 9.17) is 0 Å². The third kappa shape index (κ3) is 3.98. The number of nitrogens with zero attached hydrogens (tertiary/aromatic N) is 2. The van der Waals surface area contributed by atoms with Gasteiger partial charge in [-0.25, -0.2) is 4.98 Å². The smallest absolute Gasteiger partial charge is 0.281 e. The highest BCUT2D eigenvalue weighted by Crippen LogP contribution is 2.15. The first-order valence-electron chi connectivity index (χ1n) is 7.83. The summed E-state index contributed by atoms with van der Waals surface area (Å²) in [6.07, 6.45) is 0. The van der Waals surface area contributed by atoms with Gasteiger partial charge in [-0.1, -0.05) is 54.6 Å². The second-order valence-corrected chi connectivity index (χ2v) is 5.51. The van der Waals surface area contributed by atoms with Crippen LogP contribution in [0.4, 0.5) is 5.69 Å². The van der Waals surface area contributed by atoms with Crippen molar-refractivity contribution in [1.82, 2.24) is 10.4 Å². The first-order chi connectivity index (χ1) is 11.7. The van der Waals surface area contributed by atoms with Gasteiger partial charge in [-0.05, 0) is 36.8 Å². The molecule has 4 nitrogen and oxygen atoms in total. The summed E-state index contributed by atoms with van der Waals surface area (Å²) in [5.41, 5.74) is 6.21. The molecule has 1 N–H and O–H groups in total. The van der Waals surface area contributed by atoms with Gasteiger partial charge in [-0.2, -0.15) is 0 Å². The number of rotatable bonds is 5. The highest BCUT2D eigenvalue weighted by Gasteiger charge is 2.13. The third-order valence-corrected chi connectivity index (χ3v) is 3.61. The minimum absolute atomic E-state index is 0.224. The fourth-order valence-corrected chi connectivity index (χ4v) is 2.42. The average Bonchev–Trinajstić information content (AvgIpc) is 2.63. The molecule has 0 spiro atoms. The minimum atomic E-state index is -0.224. The van der Waals surface area contributed by atoms with Crippen molar-refractivity contribution in [3.05, 3.63) is 95.8 Å². The lowest BCUT2D eigenvalue weighted by Crippen LogP contribution is -2.42. The Hall–Kier alpha value is -3.14. The van der Waals surface area contributed by atoms with E-state index in [1.807, 2.05) is 84.7 Å². The Morgan fingerprint density at radius 2 is 1.58 bits per heavy atom. The van der Waals surface area contributed by atoms with E-state index in [2.05, 4.69) is 10.4 Å². The molecule has 0 aliphatic carbocycles. The van der Waals surface area contributed by atoms with Crippen molar-refractivity contribution < 1.29 is 4.79 Å². The number of hydrogen-bond donors (Lipinski definition) is 1. The number of pyridine rings is 1. The lowest BCUT2D eigenvalue weighted by Gasteiger charge is -2.25. The molecule has 0 aliphatic rings. The Kier molecular flexibility index (Phi) is 4.87. The summed E-state index contributed by atoms with van der Waals surface area (Å²) in [4.78, 5) is 16.8. The van der Waals surface area contributed by atoms with Gasteiger partial charge in [0.05, 0.1) is 12.2 Å². The number of nitrogens with one attached hydrogen (secondary N) is 1. The molecular weight excluding hydrogens is 298 g/mol. The molecule has 3 aromatic rings. The molecule has 1 amide bonds. The minimum Gasteiger partial charge on any atom is -0.281 e. The van der Waals surface area contributed by atoms with Crippen LogP contribution < -0.4 is 10.4 Å². The normalized spacial score (nSPS) is 10.2. The fraction of sp³-hybridized carbons (Fsp3) is 0.100. The lowest BCUT2D eigenvalue weighted by atomic mass is 10.2. The number of carbonyl (C=O) groups is 1. The second kappa shape index (κ2) is 7.42. The maximum atomic E-state index is 12.6. The van der Waals surface area contributed by atoms with Crippen molar-refractivity contribution in [2.24, 2.45) is 0 Å². The lowest BCUT2D eigenvalue weighted by molar-refractivity contribution is 0.0943. The second-order valence-electron chi connectivity index (χ2n) is 5.51. The Balaban J connectivity index is 1.83. The van der Waals surface area contributed by atoms with Crippen LogP contribution in [0.2, 0.25) is 0 Å². The molecule has 1 aromatic heterocycles. The third-order valence-electron chi connectivity index (χ3n) is 3.61. The van der Waals surface area contributed by atoms with Crippen molar-refractivity contribution in [2.45, 2.75) is 13.5 Å². The van der Waals surface area contributed by atoms with Gasteiger partial charge in [-0.3, -0.25) is 15.2 Å². The maximum Gasteiger partial charge on any atom is 0.288 e. The van der Waals surface area contributed by atoms with Gasteiger partial charge >= 0.3 is 0 Å². The summed E-state index contributed by atoms with van der Waals surface area (Å²) in [7, 11) is 0. The molecule has 120 valence electrons. The van der Waals surface area contributed by atoms with E-state index in [1.165, 1.54) is 0 Å². The molecule has 0 saturated heterocycles.